The largest absolute Gasteiger partial charge is 0.456 e. The fourth-order valence-electron chi connectivity index (χ4n) is 13.8. The Morgan fingerprint density at radius 3 is 1.27 bits per heavy atom. The van der Waals surface area contributed by atoms with Crippen LogP contribution < -0.4 is 9.80 Å². The van der Waals surface area contributed by atoms with E-state index in [1.165, 1.54) is 77.9 Å². The van der Waals surface area contributed by atoms with Crippen LogP contribution in [0.2, 0.25) is 0 Å². The minimum Gasteiger partial charge on any atom is -0.456 e. The Labute approximate surface area is 424 Å². The smallest absolute Gasteiger partial charge is 0.140 e. The van der Waals surface area contributed by atoms with Crippen molar-refractivity contribution in [1.82, 2.24) is 0 Å². The molecule has 12 aromatic rings. The van der Waals surface area contributed by atoms with Gasteiger partial charge in [0.05, 0.1) is 16.5 Å². The molecule has 1 atom stereocenters. The fourth-order valence-corrected chi connectivity index (χ4v) is 13.8. The van der Waals surface area contributed by atoms with Gasteiger partial charge in [0.25, 0.3) is 0 Å². The molecular formula is C70H44N2O. The van der Waals surface area contributed by atoms with Crippen LogP contribution in [0.25, 0.3) is 55.7 Å². The predicted molar refractivity (Wildman–Crippen MR) is 298 cm³/mol. The second-order valence-electron chi connectivity index (χ2n) is 19.8. The lowest BCUT2D eigenvalue weighted by molar-refractivity contribution is 0.628. The molecule has 0 fully saturated rings. The molecule has 3 nitrogen and oxygen atoms in total. The standard InChI is InChI=1S/C70H44N2O/c1-4-22-45(23-5-1)71(48-40-41-53-52-30-12-18-36-59(52)69(62(53)42-48)57-34-16-10-28-50(57)51-29-11-17-35-58(51)69)49-43-63-66(64(44-49)72(46-24-6-2-7-25-46)47-26-8-3-9-27-47)54-31-13-19-37-60(54)70(63)61-38-20-14-32-55(61)68-67(70)56-33-15-21-39-65(56)73-68/h1-44H. The minimum atomic E-state index is -0.711. The highest BCUT2D eigenvalue weighted by Crippen LogP contribution is 2.68. The summed E-state index contributed by atoms with van der Waals surface area (Å²) in [7, 11) is 0. The maximum absolute atomic E-state index is 7.03. The number of hydrogen-bond donors (Lipinski definition) is 0. The lowest BCUT2D eigenvalue weighted by Crippen LogP contribution is -2.27. The van der Waals surface area contributed by atoms with E-state index in [4.69, 9.17) is 4.42 Å². The van der Waals surface area contributed by atoms with Crippen molar-refractivity contribution >= 4 is 45.1 Å². The molecule has 0 bridgehead atoms. The number of hydrogen-bond acceptors (Lipinski definition) is 3. The third-order valence-corrected chi connectivity index (χ3v) is 16.4. The Balaban J connectivity index is 1.04. The zero-order chi connectivity index (χ0) is 47.8. The predicted octanol–water partition coefficient (Wildman–Crippen LogP) is 18.1. The molecular weight excluding hydrogens is 885 g/mol. The molecule has 3 heteroatoms. The molecule has 1 unspecified atom stereocenters. The first kappa shape index (κ1) is 40.3. The summed E-state index contributed by atoms with van der Waals surface area (Å²) in [6, 6.07) is 98.9. The topological polar surface area (TPSA) is 19.6 Å². The lowest BCUT2D eigenvalue weighted by atomic mass is 9.70. The second kappa shape index (κ2) is 15.0. The molecule has 0 aliphatic heterocycles. The molecule has 0 radical (unpaired) electrons. The average molecular weight is 929 g/mol. The highest BCUT2D eigenvalue weighted by atomic mass is 16.3. The van der Waals surface area contributed by atoms with E-state index in [1.54, 1.807) is 0 Å². The quantitative estimate of drug-likeness (QED) is 0.166. The van der Waals surface area contributed by atoms with Gasteiger partial charge in [-0.15, -0.1) is 0 Å². The second-order valence-corrected chi connectivity index (χ2v) is 19.8. The maximum atomic E-state index is 7.03. The van der Waals surface area contributed by atoms with E-state index in [2.05, 4.69) is 277 Å². The minimum absolute atomic E-state index is 0.504. The number of rotatable bonds is 6. The van der Waals surface area contributed by atoms with Crippen LogP contribution in [0.5, 0.6) is 0 Å². The Morgan fingerprint density at radius 2 is 0.699 bits per heavy atom. The summed E-state index contributed by atoms with van der Waals surface area (Å²) in [5.41, 5.74) is 25.0. The molecule has 16 rings (SSSR count). The number of furan rings is 1. The number of anilines is 6. The lowest BCUT2D eigenvalue weighted by Gasteiger charge is -2.35. The Hall–Kier alpha value is -9.44. The van der Waals surface area contributed by atoms with E-state index in [9.17, 15) is 0 Å². The van der Waals surface area contributed by atoms with E-state index in [0.717, 1.165) is 56.4 Å². The van der Waals surface area contributed by atoms with Crippen LogP contribution in [-0.2, 0) is 10.8 Å². The van der Waals surface area contributed by atoms with Gasteiger partial charge in [0.2, 0.25) is 0 Å². The summed E-state index contributed by atoms with van der Waals surface area (Å²) in [6.07, 6.45) is 0. The summed E-state index contributed by atoms with van der Waals surface area (Å²) < 4.78 is 7.03. The van der Waals surface area contributed by atoms with Crippen molar-refractivity contribution < 1.29 is 4.42 Å². The number of para-hydroxylation sites is 4. The third kappa shape index (κ3) is 5.22. The zero-order valence-corrected chi connectivity index (χ0v) is 39.7. The molecule has 2 spiro atoms. The van der Waals surface area contributed by atoms with Crippen molar-refractivity contribution in [2.45, 2.75) is 10.8 Å². The molecule has 340 valence electrons. The van der Waals surface area contributed by atoms with Crippen LogP contribution in [-0.4, -0.2) is 0 Å². The third-order valence-electron chi connectivity index (χ3n) is 16.4. The number of benzene rings is 11. The number of nitrogens with zero attached hydrogens (tertiary/aromatic N) is 2. The van der Waals surface area contributed by atoms with Gasteiger partial charge in [-0.05, 0) is 133 Å². The highest BCUT2D eigenvalue weighted by Gasteiger charge is 2.56. The van der Waals surface area contributed by atoms with Crippen molar-refractivity contribution in [2.75, 3.05) is 9.80 Å². The molecule has 0 N–H and O–H groups in total. The van der Waals surface area contributed by atoms with Crippen molar-refractivity contribution in [3.63, 3.8) is 0 Å². The summed E-state index contributed by atoms with van der Waals surface area (Å²) >= 11 is 0. The summed E-state index contributed by atoms with van der Waals surface area (Å²) in [5.74, 6) is 0.940. The normalized spacial score (nSPS) is 15.3. The highest BCUT2D eigenvalue weighted by molar-refractivity contribution is 6.07. The van der Waals surface area contributed by atoms with Crippen LogP contribution in [0.15, 0.2) is 271 Å². The van der Waals surface area contributed by atoms with Gasteiger partial charge in [0, 0.05) is 50.5 Å². The van der Waals surface area contributed by atoms with Crippen LogP contribution >= 0.6 is 0 Å². The average Bonchev–Trinajstić information content (AvgIpc) is 4.23. The first-order valence-corrected chi connectivity index (χ1v) is 25.3. The van der Waals surface area contributed by atoms with E-state index < -0.39 is 10.8 Å². The molecule has 0 saturated carbocycles. The molecule has 0 amide bonds. The van der Waals surface area contributed by atoms with Gasteiger partial charge in [-0.1, -0.05) is 200 Å². The Bertz CT molecular complexity index is 4130. The van der Waals surface area contributed by atoms with Crippen LogP contribution in [0.3, 0.4) is 0 Å². The van der Waals surface area contributed by atoms with E-state index in [1.807, 2.05) is 0 Å². The molecule has 11 aromatic carbocycles. The Kier molecular flexibility index (Phi) is 8.30. The van der Waals surface area contributed by atoms with Crippen molar-refractivity contribution in [2.24, 2.45) is 0 Å². The SMILES string of the molecule is c1ccc(N(c2ccc3c(c2)C2(c4ccccc4-c4ccccc42)c2ccccc2-3)c2cc(N(c3ccccc3)c3ccccc3)c3c(c2)C2(c4ccccc4-c4oc5ccccc5c42)c2ccccc2-3)cc1. The summed E-state index contributed by atoms with van der Waals surface area (Å²) in [5, 5.41) is 1.13. The number of fused-ring (bicyclic) bond motifs is 22. The van der Waals surface area contributed by atoms with Gasteiger partial charge in [0.15, 0.2) is 0 Å². The van der Waals surface area contributed by atoms with Gasteiger partial charge >= 0.3 is 0 Å². The first-order valence-electron chi connectivity index (χ1n) is 25.3. The van der Waals surface area contributed by atoms with E-state index in [0.29, 0.717) is 0 Å². The van der Waals surface area contributed by atoms with E-state index in [-0.39, 0.29) is 0 Å². The van der Waals surface area contributed by atoms with Gasteiger partial charge in [-0.25, -0.2) is 0 Å². The Morgan fingerprint density at radius 1 is 0.274 bits per heavy atom. The fraction of sp³-hybridized carbons (Fsp3) is 0.0286. The molecule has 73 heavy (non-hydrogen) atoms. The van der Waals surface area contributed by atoms with E-state index >= 15 is 0 Å². The van der Waals surface area contributed by atoms with Gasteiger partial charge in [-0.3, -0.25) is 0 Å². The maximum Gasteiger partial charge on any atom is 0.140 e. The molecule has 1 aromatic heterocycles. The monoisotopic (exact) mass is 928 g/mol. The zero-order valence-electron chi connectivity index (χ0n) is 39.7. The van der Waals surface area contributed by atoms with Crippen molar-refractivity contribution in [3.05, 3.63) is 311 Å². The van der Waals surface area contributed by atoms with Crippen molar-refractivity contribution in [3.8, 4) is 44.7 Å². The molecule has 1 heterocycles. The molecule has 4 aliphatic carbocycles. The van der Waals surface area contributed by atoms with Crippen LogP contribution in [0.4, 0.5) is 34.1 Å². The first-order chi connectivity index (χ1) is 36.2. The van der Waals surface area contributed by atoms with Gasteiger partial charge in [-0.2, -0.15) is 0 Å². The van der Waals surface area contributed by atoms with Gasteiger partial charge in [0.1, 0.15) is 11.3 Å². The van der Waals surface area contributed by atoms with Gasteiger partial charge < -0.3 is 14.2 Å². The van der Waals surface area contributed by atoms with Crippen molar-refractivity contribution in [1.29, 1.82) is 0 Å². The molecule has 0 saturated heterocycles. The van der Waals surface area contributed by atoms with Crippen LogP contribution in [0.1, 0.15) is 44.5 Å². The molecule has 4 aliphatic rings. The summed E-state index contributed by atoms with van der Waals surface area (Å²) in [4.78, 5) is 4.98. The summed E-state index contributed by atoms with van der Waals surface area (Å²) in [6.45, 7) is 0. The van der Waals surface area contributed by atoms with Crippen LogP contribution in [0, 0.1) is 0 Å².